The number of aromatic nitrogens is 4. The maximum Gasteiger partial charge on any atom is 0.216 e. The van der Waals surface area contributed by atoms with Crippen molar-refractivity contribution in [1.29, 1.82) is 5.26 Å². The van der Waals surface area contributed by atoms with Crippen molar-refractivity contribution < 1.29 is 0 Å². The van der Waals surface area contributed by atoms with E-state index in [-0.39, 0.29) is 11.5 Å². The quantitative estimate of drug-likeness (QED) is 0.744. The van der Waals surface area contributed by atoms with Gasteiger partial charge in [0.1, 0.15) is 11.6 Å². The maximum absolute atomic E-state index is 8.93. The molecule has 0 aliphatic heterocycles. The second kappa shape index (κ2) is 4.75. The van der Waals surface area contributed by atoms with Crippen molar-refractivity contribution in [3.63, 3.8) is 0 Å². The third-order valence-electron chi connectivity index (χ3n) is 2.48. The third-order valence-corrected chi connectivity index (χ3v) is 2.48. The first-order valence-electron chi connectivity index (χ1n) is 5.05. The summed E-state index contributed by atoms with van der Waals surface area (Å²) < 4.78 is 0. The lowest BCUT2D eigenvalue weighted by molar-refractivity contribution is 0.309. The molecule has 2 N–H and O–H groups in total. The monoisotopic (exact) mass is 220 g/mol. The van der Waals surface area contributed by atoms with Crippen LogP contribution in [0.1, 0.15) is 33.5 Å². The largest absolute Gasteiger partial charge is 0.387 e. The molecule has 86 valence electrons. The molecule has 0 saturated heterocycles. The minimum absolute atomic E-state index is 0.119. The van der Waals surface area contributed by atoms with Gasteiger partial charge >= 0.3 is 0 Å². The molecule has 6 nitrogen and oxygen atoms in total. The molecule has 0 aliphatic carbocycles. The molecule has 0 spiro atoms. The maximum atomic E-state index is 8.93. The highest BCUT2D eigenvalue weighted by atomic mass is 15.5. The molecule has 0 radical (unpaired) electrons. The van der Waals surface area contributed by atoms with E-state index in [0.29, 0.717) is 11.4 Å². The second-order valence-electron chi connectivity index (χ2n) is 4.66. The smallest absolute Gasteiger partial charge is 0.216 e. The van der Waals surface area contributed by atoms with E-state index in [1.54, 1.807) is 6.20 Å². The molecule has 1 aromatic heterocycles. The molecule has 16 heavy (non-hydrogen) atoms. The van der Waals surface area contributed by atoms with Crippen LogP contribution in [0.3, 0.4) is 0 Å². The van der Waals surface area contributed by atoms with Crippen LogP contribution in [0.2, 0.25) is 0 Å². The summed E-state index contributed by atoms with van der Waals surface area (Å²) >= 11 is 0. The lowest BCUT2D eigenvalue weighted by Gasteiger charge is -2.27. The number of H-pyrrole nitrogens is 1. The summed E-state index contributed by atoms with van der Waals surface area (Å²) in [6.07, 6.45) is 1.63. The Morgan fingerprint density at radius 2 is 2.25 bits per heavy atom. The van der Waals surface area contributed by atoms with Crippen LogP contribution in [0.15, 0.2) is 6.20 Å². The average Bonchev–Trinajstić information content (AvgIpc) is 2.70. The van der Waals surface area contributed by atoms with Crippen molar-refractivity contribution in [2.75, 3.05) is 0 Å². The van der Waals surface area contributed by atoms with Crippen LogP contribution in [0.4, 0.5) is 0 Å². The van der Waals surface area contributed by atoms with Gasteiger partial charge in [-0.1, -0.05) is 20.8 Å². The van der Waals surface area contributed by atoms with Gasteiger partial charge in [-0.25, -0.2) is 0 Å². The highest BCUT2D eigenvalue weighted by Crippen LogP contribution is 2.18. The van der Waals surface area contributed by atoms with Gasteiger partial charge in [0.15, 0.2) is 0 Å². The zero-order chi connectivity index (χ0) is 12.2. The normalized spacial score (nSPS) is 14.3. The zero-order valence-corrected chi connectivity index (χ0v) is 9.94. The molecule has 1 atom stereocenters. The minimum Gasteiger partial charge on any atom is -0.387 e. The number of nitrogens with zero attached hydrogens (tertiary/aromatic N) is 4. The lowest BCUT2D eigenvalue weighted by Crippen LogP contribution is -2.34. The van der Waals surface area contributed by atoms with E-state index in [4.69, 9.17) is 5.26 Å². The fraction of sp³-hybridized carbons (Fsp3) is 0.600. The number of nitriles is 1. The Balaban J connectivity index is 2.73. The van der Waals surface area contributed by atoms with Crippen LogP contribution in [-0.2, 0) is 0 Å². The first kappa shape index (κ1) is 12.2. The van der Waals surface area contributed by atoms with Crippen LogP contribution < -0.4 is 5.32 Å². The number of hydrogen-bond donors (Lipinski definition) is 2. The van der Waals surface area contributed by atoms with Crippen molar-refractivity contribution in [2.45, 2.75) is 33.7 Å². The lowest BCUT2D eigenvalue weighted by atomic mass is 9.88. The van der Waals surface area contributed by atoms with E-state index in [1.807, 2.05) is 6.07 Å². The van der Waals surface area contributed by atoms with Crippen molar-refractivity contribution in [2.24, 2.45) is 5.41 Å². The van der Waals surface area contributed by atoms with E-state index in [0.717, 1.165) is 0 Å². The third kappa shape index (κ3) is 3.05. The fourth-order valence-electron chi connectivity index (χ4n) is 0.881. The Bertz CT molecular complexity index is 392. The summed E-state index contributed by atoms with van der Waals surface area (Å²) in [6, 6.07) is 2.26. The summed E-state index contributed by atoms with van der Waals surface area (Å²) in [5, 5.41) is 25.3. The molecule has 0 aliphatic rings. The van der Waals surface area contributed by atoms with Crippen LogP contribution in [0, 0.1) is 16.7 Å². The summed E-state index contributed by atoms with van der Waals surface area (Å²) in [7, 11) is 0. The van der Waals surface area contributed by atoms with Crippen LogP contribution in [0.25, 0.3) is 5.57 Å². The number of aromatic amines is 1. The topological polar surface area (TPSA) is 90.3 Å². The molecule has 1 aromatic rings. The van der Waals surface area contributed by atoms with Gasteiger partial charge in [-0.3, -0.25) is 0 Å². The molecule has 0 amide bonds. The van der Waals surface area contributed by atoms with Gasteiger partial charge in [0.2, 0.25) is 5.82 Å². The van der Waals surface area contributed by atoms with Crippen LogP contribution in [0.5, 0.6) is 0 Å². The Morgan fingerprint density at radius 1 is 1.56 bits per heavy atom. The molecule has 0 bridgehead atoms. The first-order valence-corrected chi connectivity index (χ1v) is 5.05. The van der Waals surface area contributed by atoms with Crippen molar-refractivity contribution in [3.05, 3.63) is 12.0 Å². The van der Waals surface area contributed by atoms with E-state index >= 15 is 0 Å². The number of rotatable bonds is 3. The van der Waals surface area contributed by atoms with Gasteiger partial charge in [-0.2, -0.15) is 10.5 Å². The Hall–Kier alpha value is -1.90. The molecule has 0 saturated carbocycles. The second-order valence-corrected chi connectivity index (χ2v) is 4.66. The fourth-order valence-corrected chi connectivity index (χ4v) is 0.881. The molecule has 1 rings (SSSR count). The summed E-state index contributed by atoms with van der Waals surface area (Å²) in [5.74, 6) is 0.302. The standard InChI is InChI=1S/C10H16N6/c1-7(10(2,3)4)12-6-8(5-11)9-13-15-16-14-9/h6-7,12H,1-4H3,(H,13,14,15,16)/b8-6+/t7-/m0/s1. The Morgan fingerprint density at radius 3 is 2.69 bits per heavy atom. The Kier molecular flexibility index (Phi) is 3.61. The summed E-state index contributed by atoms with van der Waals surface area (Å²) in [5.41, 5.74) is 0.485. The molecule has 0 aromatic carbocycles. The number of tetrazole rings is 1. The molecule has 0 fully saturated rings. The Labute approximate surface area is 94.7 Å². The van der Waals surface area contributed by atoms with E-state index in [2.05, 4.69) is 53.6 Å². The molecule has 1 heterocycles. The van der Waals surface area contributed by atoms with Gasteiger partial charge in [-0.05, 0) is 17.6 Å². The molecule has 6 heteroatoms. The first-order chi connectivity index (χ1) is 7.45. The highest BCUT2D eigenvalue weighted by molar-refractivity contribution is 5.71. The number of allylic oxidation sites excluding steroid dienone is 1. The molecular formula is C10H16N6. The number of nitrogens with one attached hydrogen (secondary N) is 2. The molecule has 0 unspecified atom stereocenters. The van der Waals surface area contributed by atoms with Crippen molar-refractivity contribution in [3.8, 4) is 6.07 Å². The van der Waals surface area contributed by atoms with Crippen molar-refractivity contribution in [1.82, 2.24) is 25.9 Å². The van der Waals surface area contributed by atoms with Gasteiger partial charge in [0.25, 0.3) is 0 Å². The summed E-state index contributed by atoms with van der Waals surface area (Å²) in [4.78, 5) is 0. The van der Waals surface area contributed by atoms with Crippen LogP contribution in [-0.4, -0.2) is 26.7 Å². The molecular weight excluding hydrogens is 204 g/mol. The van der Waals surface area contributed by atoms with E-state index in [1.165, 1.54) is 0 Å². The van der Waals surface area contributed by atoms with Gasteiger partial charge in [0, 0.05) is 12.2 Å². The summed E-state index contributed by atoms with van der Waals surface area (Å²) in [6.45, 7) is 8.43. The average molecular weight is 220 g/mol. The van der Waals surface area contributed by atoms with E-state index in [9.17, 15) is 0 Å². The van der Waals surface area contributed by atoms with Crippen molar-refractivity contribution >= 4 is 5.57 Å². The minimum atomic E-state index is 0.119. The number of hydrogen-bond acceptors (Lipinski definition) is 5. The predicted octanol–water partition coefficient (Wildman–Crippen LogP) is 1.09. The highest BCUT2D eigenvalue weighted by Gasteiger charge is 2.18. The van der Waals surface area contributed by atoms with Gasteiger partial charge < -0.3 is 5.32 Å². The van der Waals surface area contributed by atoms with E-state index < -0.39 is 0 Å². The SMILES string of the molecule is C[C@H](N/C=C(\C#N)c1nn[nH]n1)C(C)(C)C. The predicted molar refractivity (Wildman–Crippen MR) is 59.8 cm³/mol. The zero-order valence-electron chi connectivity index (χ0n) is 9.94. The van der Waals surface area contributed by atoms with Crippen LogP contribution >= 0.6 is 0 Å². The van der Waals surface area contributed by atoms with Gasteiger partial charge in [-0.15, -0.1) is 10.2 Å². The van der Waals surface area contributed by atoms with Gasteiger partial charge in [0.05, 0.1) is 0 Å².